The van der Waals surface area contributed by atoms with Gasteiger partial charge in [-0.2, -0.15) is 0 Å². The monoisotopic (exact) mass is 362 g/mol. The minimum Gasteiger partial charge on any atom is -0.338 e. The highest BCUT2D eigenvalue weighted by atomic mass is 32.1. The van der Waals surface area contributed by atoms with Crippen LogP contribution in [-0.4, -0.2) is 28.9 Å². The number of likely N-dealkylation sites (tertiary alicyclic amines) is 1. The lowest BCUT2D eigenvalue weighted by Gasteiger charge is -2.32. The van der Waals surface area contributed by atoms with Crippen LogP contribution in [0.3, 0.4) is 0 Å². The van der Waals surface area contributed by atoms with Crippen molar-refractivity contribution in [2.75, 3.05) is 13.1 Å². The number of hydrogen-bond acceptors (Lipinski definition) is 3. The molecule has 2 heterocycles. The van der Waals surface area contributed by atoms with E-state index in [0.717, 1.165) is 49.9 Å². The number of piperidine rings is 1. The van der Waals surface area contributed by atoms with Gasteiger partial charge >= 0.3 is 0 Å². The Hall–Kier alpha value is -2.20. The minimum atomic E-state index is 0.186. The number of carbonyl (C=O) groups is 1. The van der Waals surface area contributed by atoms with Gasteiger partial charge < -0.3 is 4.90 Å². The second-order valence-corrected chi connectivity index (χ2v) is 8.51. The standard InChI is InChI=1S/C22H22N2OS/c25-22(17-11-10-15-5-3-6-16(15)13-17)24-12-4-7-18(14-24)21-23-19-8-1-2-9-20(19)26-21/h1-2,8-11,13,18H,3-7,12,14H2/t18-/m0/s1. The molecule has 0 radical (unpaired) electrons. The first-order valence-corrected chi connectivity index (χ1v) is 10.4. The zero-order valence-corrected chi connectivity index (χ0v) is 15.6. The fourth-order valence-electron chi connectivity index (χ4n) is 4.32. The lowest BCUT2D eigenvalue weighted by atomic mass is 9.97. The van der Waals surface area contributed by atoms with Crippen LogP contribution >= 0.6 is 11.3 Å². The quantitative estimate of drug-likeness (QED) is 0.656. The number of carbonyl (C=O) groups excluding carboxylic acids is 1. The van der Waals surface area contributed by atoms with Crippen molar-refractivity contribution < 1.29 is 4.79 Å². The summed E-state index contributed by atoms with van der Waals surface area (Å²) in [5.41, 5.74) is 4.73. The average molecular weight is 362 g/mol. The van der Waals surface area contributed by atoms with E-state index in [1.165, 1.54) is 27.3 Å². The van der Waals surface area contributed by atoms with Crippen LogP contribution in [0.25, 0.3) is 10.2 Å². The number of aryl methyl sites for hydroxylation is 2. The summed E-state index contributed by atoms with van der Waals surface area (Å²) < 4.78 is 1.24. The van der Waals surface area contributed by atoms with Crippen molar-refractivity contribution in [2.24, 2.45) is 0 Å². The lowest BCUT2D eigenvalue weighted by molar-refractivity contribution is 0.0707. The van der Waals surface area contributed by atoms with E-state index in [1.54, 1.807) is 11.3 Å². The first-order valence-electron chi connectivity index (χ1n) is 9.54. The average Bonchev–Trinajstić information content (AvgIpc) is 3.33. The normalized spacial score (nSPS) is 19.7. The fourth-order valence-corrected chi connectivity index (χ4v) is 5.41. The summed E-state index contributed by atoms with van der Waals surface area (Å²) in [5.74, 6) is 0.546. The number of para-hydroxylation sites is 1. The summed E-state index contributed by atoms with van der Waals surface area (Å²) in [7, 11) is 0. The van der Waals surface area contributed by atoms with Gasteiger partial charge in [0.2, 0.25) is 0 Å². The van der Waals surface area contributed by atoms with E-state index in [0.29, 0.717) is 5.92 Å². The molecular weight excluding hydrogens is 340 g/mol. The number of rotatable bonds is 2. The Morgan fingerprint density at radius 2 is 1.96 bits per heavy atom. The van der Waals surface area contributed by atoms with Crippen LogP contribution < -0.4 is 0 Å². The number of benzene rings is 2. The molecule has 3 nitrogen and oxygen atoms in total. The summed E-state index contributed by atoms with van der Waals surface area (Å²) in [5, 5.41) is 1.18. The number of amides is 1. The molecule has 2 aliphatic rings. The van der Waals surface area contributed by atoms with Gasteiger partial charge in [0.1, 0.15) is 0 Å². The van der Waals surface area contributed by atoms with Gasteiger partial charge in [0.25, 0.3) is 5.91 Å². The number of aromatic nitrogens is 1. The van der Waals surface area contributed by atoms with E-state index >= 15 is 0 Å². The molecule has 3 aromatic rings. The van der Waals surface area contributed by atoms with Gasteiger partial charge in [-0.1, -0.05) is 18.2 Å². The third-order valence-electron chi connectivity index (χ3n) is 5.71. The first kappa shape index (κ1) is 16.0. The van der Waals surface area contributed by atoms with E-state index in [1.807, 2.05) is 17.0 Å². The van der Waals surface area contributed by atoms with Gasteiger partial charge in [-0.15, -0.1) is 11.3 Å². The van der Waals surface area contributed by atoms with Crippen LogP contribution in [0, 0.1) is 0 Å². The van der Waals surface area contributed by atoms with Crippen LogP contribution in [-0.2, 0) is 12.8 Å². The summed E-state index contributed by atoms with van der Waals surface area (Å²) in [6, 6.07) is 14.6. The van der Waals surface area contributed by atoms with E-state index < -0.39 is 0 Å². The summed E-state index contributed by atoms with van der Waals surface area (Å²) >= 11 is 1.78. The molecule has 5 rings (SSSR count). The number of hydrogen-bond donors (Lipinski definition) is 0. The molecule has 0 unspecified atom stereocenters. The SMILES string of the molecule is O=C(c1ccc2c(c1)CCC2)N1CCC[C@H](c2nc3ccccc3s2)C1. The second-order valence-electron chi connectivity index (χ2n) is 7.45. The van der Waals surface area contributed by atoms with Gasteiger partial charge in [-0.05, 0) is 67.5 Å². The molecule has 26 heavy (non-hydrogen) atoms. The summed E-state index contributed by atoms with van der Waals surface area (Å²) in [6.45, 7) is 1.65. The van der Waals surface area contributed by atoms with E-state index in [-0.39, 0.29) is 5.91 Å². The molecule has 1 aliphatic heterocycles. The number of nitrogens with zero attached hydrogens (tertiary/aromatic N) is 2. The van der Waals surface area contributed by atoms with E-state index in [4.69, 9.17) is 4.98 Å². The predicted molar refractivity (Wildman–Crippen MR) is 106 cm³/mol. The molecular formula is C22H22N2OS. The Bertz CT molecular complexity index is 944. The molecule has 2 aromatic carbocycles. The largest absolute Gasteiger partial charge is 0.338 e. The maximum absolute atomic E-state index is 13.1. The molecule has 1 aliphatic carbocycles. The van der Waals surface area contributed by atoms with E-state index in [2.05, 4.69) is 30.3 Å². The maximum atomic E-state index is 13.1. The van der Waals surface area contributed by atoms with Crippen LogP contribution in [0.5, 0.6) is 0 Å². The van der Waals surface area contributed by atoms with Gasteiger partial charge in [-0.25, -0.2) is 4.98 Å². The molecule has 1 amide bonds. The van der Waals surface area contributed by atoms with Gasteiger partial charge in [0, 0.05) is 24.6 Å². The van der Waals surface area contributed by atoms with Crippen molar-refractivity contribution in [1.82, 2.24) is 9.88 Å². The fraction of sp³-hybridized carbons (Fsp3) is 0.364. The van der Waals surface area contributed by atoms with Crippen molar-refractivity contribution in [3.63, 3.8) is 0 Å². The zero-order chi connectivity index (χ0) is 17.5. The van der Waals surface area contributed by atoms with Gasteiger partial charge in [0.05, 0.1) is 15.2 Å². The highest BCUT2D eigenvalue weighted by Crippen LogP contribution is 2.33. The molecule has 1 aromatic heterocycles. The van der Waals surface area contributed by atoms with Crippen LogP contribution in [0.2, 0.25) is 0 Å². The van der Waals surface area contributed by atoms with Crippen LogP contribution in [0.4, 0.5) is 0 Å². The Kier molecular flexibility index (Phi) is 4.01. The Balaban J connectivity index is 1.37. The van der Waals surface area contributed by atoms with Crippen LogP contribution in [0.15, 0.2) is 42.5 Å². The molecule has 1 atom stereocenters. The topological polar surface area (TPSA) is 33.2 Å². The predicted octanol–water partition coefficient (Wildman–Crippen LogP) is 4.80. The molecule has 132 valence electrons. The molecule has 0 saturated carbocycles. The zero-order valence-electron chi connectivity index (χ0n) is 14.8. The molecule has 0 spiro atoms. The van der Waals surface area contributed by atoms with Crippen molar-refractivity contribution in [2.45, 2.75) is 38.0 Å². The highest BCUT2D eigenvalue weighted by molar-refractivity contribution is 7.18. The molecule has 0 bridgehead atoms. The summed E-state index contributed by atoms with van der Waals surface area (Å²) in [6.07, 6.45) is 5.67. The number of fused-ring (bicyclic) bond motifs is 2. The minimum absolute atomic E-state index is 0.186. The van der Waals surface area contributed by atoms with Crippen molar-refractivity contribution in [1.29, 1.82) is 0 Å². The van der Waals surface area contributed by atoms with Gasteiger partial charge in [0.15, 0.2) is 0 Å². The third kappa shape index (κ3) is 2.82. The van der Waals surface area contributed by atoms with Crippen molar-refractivity contribution >= 4 is 27.5 Å². The Morgan fingerprint density at radius 3 is 2.88 bits per heavy atom. The Labute approximate surface area is 157 Å². The lowest BCUT2D eigenvalue weighted by Crippen LogP contribution is -2.39. The van der Waals surface area contributed by atoms with E-state index in [9.17, 15) is 4.79 Å². The van der Waals surface area contributed by atoms with Gasteiger partial charge in [-0.3, -0.25) is 4.79 Å². The summed E-state index contributed by atoms with van der Waals surface area (Å²) in [4.78, 5) is 19.9. The smallest absolute Gasteiger partial charge is 0.253 e. The first-order chi connectivity index (χ1) is 12.8. The van der Waals surface area contributed by atoms with Crippen molar-refractivity contribution in [3.8, 4) is 0 Å². The third-order valence-corrected chi connectivity index (χ3v) is 6.91. The van der Waals surface area contributed by atoms with Crippen LogP contribution in [0.1, 0.15) is 51.7 Å². The second kappa shape index (κ2) is 6.51. The number of thiazole rings is 1. The van der Waals surface area contributed by atoms with Crippen molar-refractivity contribution in [3.05, 3.63) is 64.2 Å². The molecule has 4 heteroatoms. The maximum Gasteiger partial charge on any atom is 0.253 e. The molecule has 1 saturated heterocycles. The Morgan fingerprint density at radius 1 is 1.08 bits per heavy atom. The highest BCUT2D eigenvalue weighted by Gasteiger charge is 2.28. The molecule has 1 fully saturated rings. The molecule has 0 N–H and O–H groups in total.